The second-order valence-electron chi connectivity index (χ2n) is 7.80. The van der Waals surface area contributed by atoms with Crippen LogP contribution in [0.4, 0.5) is 4.39 Å². The quantitative estimate of drug-likeness (QED) is 0.275. The van der Waals surface area contributed by atoms with Crippen molar-refractivity contribution < 1.29 is 18.4 Å². The Morgan fingerprint density at radius 2 is 1.53 bits per heavy atom. The maximum atomic E-state index is 13.2. The molecule has 1 aliphatic carbocycles. The number of halogens is 1. The third kappa shape index (κ3) is 2.66. The number of allylic oxidation sites excluding steroid dienone is 1. The fourth-order valence-corrected chi connectivity index (χ4v) is 4.23. The van der Waals surface area contributed by atoms with E-state index in [4.69, 9.17) is 4.42 Å². The van der Waals surface area contributed by atoms with Crippen molar-refractivity contribution in [3.8, 4) is 11.3 Å². The summed E-state index contributed by atoms with van der Waals surface area (Å²) in [4.78, 5) is 30.4. The van der Waals surface area contributed by atoms with Gasteiger partial charge in [-0.15, -0.1) is 0 Å². The molecule has 0 unspecified atom stereocenters. The van der Waals surface area contributed by atoms with E-state index >= 15 is 0 Å². The molecule has 1 aliphatic rings. The molecule has 0 atom stereocenters. The molecule has 0 aliphatic heterocycles. The van der Waals surface area contributed by atoms with Crippen LogP contribution in [0.2, 0.25) is 0 Å². The van der Waals surface area contributed by atoms with Crippen LogP contribution in [0.15, 0.2) is 76.7 Å². The van der Waals surface area contributed by atoms with Crippen molar-refractivity contribution in [3.05, 3.63) is 95.1 Å². The van der Waals surface area contributed by atoms with Crippen LogP contribution >= 0.6 is 0 Å². The van der Waals surface area contributed by atoms with Gasteiger partial charge in [-0.3, -0.25) is 9.59 Å². The lowest BCUT2D eigenvalue weighted by atomic mass is 10.0. The van der Waals surface area contributed by atoms with Crippen molar-refractivity contribution in [2.24, 2.45) is 7.05 Å². The lowest BCUT2D eigenvalue weighted by Crippen LogP contribution is -2.00. The molecular formula is C26H15FN2O3. The number of aryl methyl sites for hydroxylation is 1. The third-order valence-corrected chi connectivity index (χ3v) is 5.87. The van der Waals surface area contributed by atoms with E-state index in [1.165, 1.54) is 18.2 Å². The normalized spacial score (nSPS) is 13.4. The number of carbonyl (C=O) groups is 2. The van der Waals surface area contributed by atoms with E-state index in [0.29, 0.717) is 22.4 Å². The van der Waals surface area contributed by atoms with Crippen molar-refractivity contribution in [2.45, 2.75) is 0 Å². The highest BCUT2D eigenvalue weighted by atomic mass is 19.1. The Morgan fingerprint density at radius 1 is 0.906 bits per heavy atom. The summed E-state index contributed by atoms with van der Waals surface area (Å²) in [5.41, 5.74) is 3.56. The second-order valence-corrected chi connectivity index (χ2v) is 7.80. The average molecular weight is 422 g/mol. The predicted molar refractivity (Wildman–Crippen MR) is 119 cm³/mol. The lowest BCUT2D eigenvalue weighted by molar-refractivity contribution is 0.0990. The van der Waals surface area contributed by atoms with E-state index in [2.05, 4.69) is 4.98 Å². The van der Waals surface area contributed by atoms with Gasteiger partial charge in [0, 0.05) is 30.3 Å². The molecular weight excluding hydrogens is 407 g/mol. The van der Waals surface area contributed by atoms with E-state index in [0.717, 1.165) is 22.0 Å². The first-order chi connectivity index (χ1) is 15.5. The number of nitrogens with zero attached hydrogens (tertiary/aromatic N) is 2. The topological polar surface area (TPSA) is 65.1 Å². The number of oxazole rings is 1. The summed E-state index contributed by atoms with van der Waals surface area (Å²) in [6.07, 6.45) is 1.41. The lowest BCUT2D eigenvalue weighted by Gasteiger charge is -2.03. The molecule has 0 saturated heterocycles. The minimum absolute atomic E-state index is 0.0422. The van der Waals surface area contributed by atoms with Gasteiger partial charge in [0.05, 0.1) is 11.3 Å². The summed E-state index contributed by atoms with van der Waals surface area (Å²) in [5.74, 6) is -0.779. The molecule has 2 aromatic heterocycles. The fourth-order valence-electron chi connectivity index (χ4n) is 4.23. The number of benzene rings is 3. The van der Waals surface area contributed by atoms with E-state index < -0.39 is 0 Å². The van der Waals surface area contributed by atoms with Crippen LogP contribution in [0, 0.1) is 5.82 Å². The summed E-state index contributed by atoms with van der Waals surface area (Å²) in [7, 11) is 1.83. The molecule has 0 amide bonds. The van der Waals surface area contributed by atoms with Crippen molar-refractivity contribution in [1.82, 2.24) is 9.55 Å². The highest BCUT2D eigenvalue weighted by Crippen LogP contribution is 2.33. The Labute approximate surface area is 181 Å². The van der Waals surface area contributed by atoms with Crippen LogP contribution in [-0.2, 0) is 7.05 Å². The summed E-state index contributed by atoms with van der Waals surface area (Å²) < 4.78 is 20.9. The molecule has 6 heteroatoms. The molecule has 154 valence electrons. The second kappa shape index (κ2) is 6.59. The number of ketones is 2. The Balaban J connectivity index is 1.40. The van der Waals surface area contributed by atoms with Crippen molar-refractivity contribution in [2.75, 3.05) is 0 Å². The number of fused-ring (bicyclic) bond motifs is 3. The van der Waals surface area contributed by atoms with Gasteiger partial charge in [-0.1, -0.05) is 24.3 Å². The molecule has 2 heterocycles. The largest absolute Gasteiger partial charge is 0.435 e. The molecule has 0 spiro atoms. The first kappa shape index (κ1) is 18.4. The zero-order valence-electron chi connectivity index (χ0n) is 16.9. The minimum Gasteiger partial charge on any atom is -0.435 e. The standard InChI is InChI=1S/C26H15FN2O3/c1-29-21(14-6-8-17(27)9-7-14)13-22-26(29)28-23(32-22)12-20-24(30)18-10-15-4-2-3-5-16(15)11-19(18)25(20)31/h2-13H,1H3. The summed E-state index contributed by atoms with van der Waals surface area (Å²) >= 11 is 0. The zero-order valence-corrected chi connectivity index (χ0v) is 16.9. The van der Waals surface area contributed by atoms with Crippen LogP contribution in [0.5, 0.6) is 0 Å². The minimum atomic E-state index is -0.329. The van der Waals surface area contributed by atoms with Gasteiger partial charge in [-0.2, -0.15) is 4.98 Å². The Bertz CT molecular complexity index is 1560. The first-order valence-electron chi connectivity index (χ1n) is 10.1. The van der Waals surface area contributed by atoms with Gasteiger partial charge in [0.15, 0.2) is 22.8 Å². The molecule has 5 aromatic rings. The van der Waals surface area contributed by atoms with E-state index in [1.54, 1.807) is 30.3 Å². The SMILES string of the molecule is Cn1c(-c2ccc(F)cc2)cc2oc(C=C3C(=O)c4cc5ccccc5cc4C3=O)nc21. The fraction of sp³-hybridized carbons (Fsp3) is 0.0385. The summed E-state index contributed by atoms with van der Waals surface area (Å²) in [6, 6.07) is 19.1. The van der Waals surface area contributed by atoms with Gasteiger partial charge < -0.3 is 8.98 Å². The Morgan fingerprint density at radius 3 is 2.12 bits per heavy atom. The van der Waals surface area contributed by atoms with Crippen molar-refractivity contribution >= 4 is 39.6 Å². The van der Waals surface area contributed by atoms with Crippen LogP contribution < -0.4 is 0 Å². The van der Waals surface area contributed by atoms with Gasteiger partial charge in [0.1, 0.15) is 5.82 Å². The molecule has 0 radical (unpaired) electrons. The predicted octanol–water partition coefficient (Wildman–Crippen LogP) is 5.59. The van der Waals surface area contributed by atoms with Gasteiger partial charge in [0.2, 0.25) is 5.89 Å². The van der Waals surface area contributed by atoms with Crippen molar-refractivity contribution in [3.63, 3.8) is 0 Å². The zero-order chi connectivity index (χ0) is 22.0. The highest BCUT2D eigenvalue weighted by Gasteiger charge is 2.34. The van der Waals surface area contributed by atoms with Crippen LogP contribution in [0.25, 0.3) is 39.3 Å². The smallest absolute Gasteiger partial charge is 0.222 e. The number of Topliss-reactive ketones (excluding diaryl/α,β-unsaturated/α-hetero) is 2. The molecule has 6 rings (SSSR count). The number of carbonyl (C=O) groups excluding carboxylic acids is 2. The molecule has 0 saturated carbocycles. The first-order valence-corrected chi connectivity index (χ1v) is 10.1. The molecule has 32 heavy (non-hydrogen) atoms. The molecule has 0 N–H and O–H groups in total. The number of rotatable bonds is 2. The average Bonchev–Trinajstić information content (AvgIpc) is 3.41. The summed E-state index contributed by atoms with van der Waals surface area (Å²) in [5, 5.41) is 1.81. The molecule has 5 nitrogen and oxygen atoms in total. The maximum Gasteiger partial charge on any atom is 0.222 e. The Hall–Kier alpha value is -4.32. The van der Waals surface area contributed by atoms with Gasteiger partial charge in [0.25, 0.3) is 0 Å². The monoisotopic (exact) mass is 422 g/mol. The number of hydrogen-bond donors (Lipinski definition) is 0. The van der Waals surface area contributed by atoms with E-state index in [-0.39, 0.29) is 28.8 Å². The number of aromatic nitrogens is 2. The van der Waals surface area contributed by atoms with Gasteiger partial charge in [-0.25, -0.2) is 4.39 Å². The van der Waals surface area contributed by atoms with E-state index in [1.807, 2.05) is 35.9 Å². The summed E-state index contributed by atoms with van der Waals surface area (Å²) in [6.45, 7) is 0. The Kier molecular flexibility index (Phi) is 3.80. The molecule has 0 fully saturated rings. The maximum absolute atomic E-state index is 13.2. The van der Waals surface area contributed by atoms with Gasteiger partial charge >= 0.3 is 0 Å². The van der Waals surface area contributed by atoms with Gasteiger partial charge in [-0.05, 0) is 52.7 Å². The van der Waals surface area contributed by atoms with E-state index in [9.17, 15) is 14.0 Å². The highest BCUT2D eigenvalue weighted by molar-refractivity contribution is 6.42. The van der Waals surface area contributed by atoms with Crippen molar-refractivity contribution in [1.29, 1.82) is 0 Å². The molecule has 0 bridgehead atoms. The third-order valence-electron chi connectivity index (χ3n) is 5.87. The van der Waals surface area contributed by atoms with Crippen LogP contribution in [0.1, 0.15) is 26.6 Å². The molecule has 3 aromatic carbocycles. The van der Waals surface area contributed by atoms with Crippen LogP contribution in [0.3, 0.4) is 0 Å². The van der Waals surface area contributed by atoms with Crippen LogP contribution in [-0.4, -0.2) is 21.1 Å². The number of hydrogen-bond acceptors (Lipinski definition) is 4.